The van der Waals surface area contributed by atoms with Crippen molar-refractivity contribution in [1.29, 1.82) is 0 Å². The Morgan fingerprint density at radius 2 is 2.16 bits per heavy atom. The Kier molecular flexibility index (Phi) is 3.94. The molecular weight excluding hydrogens is 306 g/mol. The molecular formula is C15H20BrNO2. The lowest BCUT2D eigenvalue weighted by atomic mass is 10.1. The largest absolute Gasteiger partial charge is 0.349 e. The third kappa shape index (κ3) is 2.87. The van der Waals surface area contributed by atoms with E-state index in [1.807, 2.05) is 6.92 Å². The highest BCUT2D eigenvalue weighted by Gasteiger charge is 2.31. The van der Waals surface area contributed by atoms with Crippen molar-refractivity contribution in [2.24, 2.45) is 0 Å². The minimum atomic E-state index is -0.465. The van der Waals surface area contributed by atoms with Crippen molar-refractivity contribution in [3.05, 3.63) is 33.8 Å². The van der Waals surface area contributed by atoms with Crippen LogP contribution in [0, 0.1) is 0 Å². The number of benzene rings is 1. The molecule has 2 aliphatic rings. The minimum absolute atomic E-state index is 0.415. The lowest BCUT2D eigenvalue weighted by molar-refractivity contribution is -0.252. The van der Waals surface area contributed by atoms with E-state index in [-0.39, 0.29) is 0 Å². The van der Waals surface area contributed by atoms with Gasteiger partial charge >= 0.3 is 0 Å². The molecule has 1 aromatic rings. The van der Waals surface area contributed by atoms with Crippen molar-refractivity contribution in [2.45, 2.75) is 38.0 Å². The molecule has 4 heteroatoms. The van der Waals surface area contributed by atoms with Crippen LogP contribution in [0.3, 0.4) is 0 Å². The van der Waals surface area contributed by atoms with E-state index >= 15 is 0 Å². The first-order valence-electron chi connectivity index (χ1n) is 6.96. The second-order valence-electron chi connectivity index (χ2n) is 5.46. The molecule has 0 amide bonds. The molecule has 3 rings (SSSR count). The Morgan fingerprint density at radius 1 is 1.37 bits per heavy atom. The van der Waals surface area contributed by atoms with Crippen molar-refractivity contribution in [2.75, 3.05) is 19.8 Å². The summed E-state index contributed by atoms with van der Waals surface area (Å²) in [6.07, 6.45) is 3.27. The highest BCUT2D eigenvalue weighted by Crippen LogP contribution is 2.35. The number of hydrogen-bond acceptors (Lipinski definition) is 3. The van der Waals surface area contributed by atoms with E-state index in [2.05, 4.69) is 39.4 Å². The van der Waals surface area contributed by atoms with E-state index < -0.39 is 5.79 Å². The normalized spacial score (nSPS) is 25.3. The van der Waals surface area contributed by atoms with E-state index in [9.17, 15) is 0 Å². The molecule has 1 saturated heterocycles. The van der Waals surface area contributed by atoms with Gasteiger partial charge in [-0.15, -0.1) is 0 Å². The maximum absolute atomic E-state index is 5.74. The average Bonchev–Trinajstić information content (AvgIpc) is 2.82. The first-order chi connectivity index (χ1) is 9.18. The number of hydrogen-bond donors (Lipinski definition) is 1. The SMILES string of the molecule is CC1(CN[C@H]2CCc3c(Br)cccc32)OCCCO1. The first kappa shape index (κ1) is 13.6. The van der Waals surface area contributed by atoms with Crippen LogP contribution in [0.4, 0.5) is 0 Å². The monoisotopic (exact) mass is 325 g/mol. The molecule has 1 aliphatic heterocycles. The van der Waals surface area contributed by atoms with Crippen LogP contribution in [0.25, 0.3) is 0 Å². The van der Waals surface area contributed by atoms with Crippen LogP contribution in [0.15, 0.2) is 22.7 Å². The number of nitrogens with one attached hydrogen (secondary N) is 1. The lowest BCUT2D eigenvalue weighted by Gasteiger charge is -2.35. The zero-order chi connectivity index (χ0) is 13.3. The fraction of sp³-hybridized carbons (Fsp3) is 0.600. The van der Waals surface area contributed by atoms with Gasteiger partial charge in [0, 0.05) is 17.1 Å². The summed E-state index contributed by atoms with van der Waals surface area (Å²) in [7, 11) is 0. The molecule has 1 aromatic carbocycles. The van der Waals surface area contributed by atoms with Crippen LogP contribution in [-0.4, -0.2) is 25.5 Å². The Balaban J connectivity index is 1.65. The zero-order valence-corrected chi connectivity index (χ0v) is 12.8. The van der Waals surface area contributed by atoms with Gasteiger partial charge in [0.05, 0.1) is 13.2 Å². The van der Waals surface area contributed by atoms with Crippen LogP contribution >= 0.6 is 15.9 Å². The van der Waals surface area contributed by atoms with Crippen molar-refractivity contribution in [3.8, 4) is 0 Å². The van der Waals surface area contributed by atoms with E-state index in [0.29, 0.717) is 6.04 Å². The van der Waals surface area contributed by atoms with Gasteiger partial charge in [-0.2, -0.15) is 0 Å². The molecule has 0 bridgehead atoms. The van der Waals surface area contributed by atoms with Gasteiger partial charge in [-0.3, -0.25) is 0 Å². The third-order valence-corrected chi connectivity index (χ3v) is 4.73. The molecule has 1 fully saturated rings. The quantitative estimate of drug-likeness (QED) is 0.925. The predicted molar refractivity (Wildman–Crippen MR) is 78.1 cm³/mol. The second kappa shape index (κ2) is 5.52. The van der Waals surface area contributed by atoms with Gasteiger partial charge in [-0.25, -0.2) is 0 Å². The van der Waals surface area contributed by atoms with E-state index in [1.54, 1.807) is 0 Å². The molecule has 0 spiro atoms. The summed E-state index contributed by atoms with van der Waals surface area (Å²) in [5.74, 6) is -0.465. The van der Waals surface area contributed by atoms with E-state index in [0.717, 1.165) is 39.0 Å². The van der Waals surface area contributed by atoms with Crippen LogP contribution in [0.5, 0.6) is 0 Å². The molecule has 104 valence electrons. The van der Waals surface area contributed by atoms with Crippen molar-refractivity contribution >= 4 is 15.9 Å². The summed E-state index contributed by atoms with van der Waals surface area (Å²) in [5.41, 5.74) is 2.85. The molecule has 0 saturated carbocycles. The van der Waals surface area contributed by atoms with Gasteiger partial charge in [-0.05, 0) is 43.4 Å². The first-order valence-corrected chi connectivity index (χ1v) is 7.76. The van der Waals surface area contributed by atoms with E-state index in [4.69, 9.17) is 9.47 Å². The fourth-order valence-electron chi connectivity index (χ4n) is 2.91. The average molecular weight is 326 g/mol. The number of ether oxygens (including phenoxy) is 2. The van der Waals surface area contributed by atoms with Crippen molar-refractivity contribution < 1.29 is 9.47 Å². The zero-order valence-electron chi connectivity index (χ0n) is 11.2. The standard InChI is InChI=1S/C15H20BrNO2/c1-15(18-8-3-9-19-15)10-17-14-7-6-11-12(14)4-2-5-13(11)16/h2,4-5,14,17H,3,6-10H2,1H3/t14-/m0/s1. The van der Waals surface area contributed by atoms with Crippen molar-refractivity contribution in [1.82, 2.24) is 5.32 Å². The van der Waals surface area contributed by atoms with Gasteiger partial charge in [0.2, 0.25) is 0 Å². The second-order valence-corrected chi connectivity index (χ2v) is 6.32. The summed E-state index contributed by atoms with van der Waals surface area (Å²) < 4.78 is 12.7. The Bertz CT molecular complexity index is 457. The lowest BCUT2D eigenvalue weighted by Crippen LogP contribution is -2.46. The van der Waals surface area contributed by atoms with Gasteiger partial charge in [0.1, 0.15) is 0 Å². The number of fused-ring (bicyclic) bond motifs is 1. The molecule has 1 heterocycles. The molecule has 1 atom stereocenters. The molecule has 3 nitrogen and oxygen atoms in total. The fourth-order valence-corrected chi connectivity index (χ4v) is 3.49. The van der Waals surface area contributed by atoms with Crippen LogP contribution in [0.2, 0.25) is 0 Å². The van der Waals surface area contributed by atoms with Crippen LogP contribution < -0.4 is 5.32 Å². The molecule has 0 radical (unpaired) electrons. The molecule has 0 unspecified atom stereocenters. The highest BCUT2D eigenvalue weighted by molar-refractivity contribution is 9.10. The van der Waals surface area contributed by atoms with Crippen LogP contribution in [0.1, 0.15) is 36.9 Å². The van der Waals surface area contributed by atoms with Crippen molar-refractivity contribution in [3.63, 3.8) is 0 Å². The maximum atomic E-state index is 5.74. The van der Waals surface area contributed by atoms with Gasteiger partial charge in [0.15, 0.2) is 5.79 Å². The Labute approximate surface area is 122 Å². The molecule has 0 aromatic heterocycles. The predicted octanol–water partition coefficient (Wildman–Crippen LogP) is 3.18. The summed E-state index contributed by atoms with van der Waals surface area (Å²) in [6, 6.07) is 6.86. The van der Waals surface area contributed by atoms with E-state index in [1.165, 1.54) is 15.6 Å². The summed E-state index contributed by atoms with van der Waals surface area (Å²) in [4.78, 5) is 0. The Hall–Kier alpha value is -0.420. The van der Waals surface area contributed by atoms with Gasteiger partial charge < -0.3 is 14.8 Å². The maximum Gasteiger partial charge on any atom is 0.177 e. The highest BCUT2D eigenvalue weighted by atomic mass is 79.9. The van der Waals surface area contributed by atoms with Gasteiger partial charge in [-0.1, -0.05) is 28.1 Å². The summed E-state index contributed by atoms with van der Waals surface area (Å²) in [6.45, 7) is 4.36. The van der Waals surface area contributed by atoms with Gasteiger partial charge in [0.25, 0.3) is 0 Å². The Morgan fingerprint density at radius 3 is 2.95 bits per heavy atom. The molecule has 1 N–H and O–H groups in total. The topological polar surface area (TPSA) is 30.5 Å². The van der Waals surface area contributed by atoms with Crippen LogP contribution in [-0.2, 0) is 15.9 Å². The number of halogens is 1. The summed E-state index contributed by atoms with van der Waals surface area (Å²) in [5, 5.41) is 3.60. The minimum Gasteiger partial charge on any atom is -0.349 e. The number of rotatable bonds is 3. The third-order valence-electron chi connectivity index (χ3n) is 3.99. The smallest absolute Gasteiger partial charge is 0.177 e. The molecule has 19 heavy (non-hydrogen) atoms. The molecule has 1 aliphatic carbocycles. The summed E-state index contributed by atoms with van der Waals surface area (Å²) >= 11 is 3.64.